The summed E-state index contributed by atoms with van der Waals surface area (Å²) in [7, 11) is 0. The SMILES string of the molecule is CS[C@H](C)[C@@]1(c2ccc(F)cc2F)CO1. The van der Waals surface area contributed by atoms with E-state index in [1.807, 2.05) is 13.2 Å². The number of benzene rings is 1. The van der Waals surface area contributed by atoms with Crippen molar-refractivity contribution < 1.29 is 13.5 Å². The van der Waals surface area contributed by atoms with Crippen LogP contribution >= 0.6 is 11.8 Å². The lowest BCUT2D eigenvalue weighted by molar-refractivity contribution is 0.299. The van der Waals surface area contributed by atoms with Gasteiger partial charge in [-0.1, -0.05) is 13.0 Å². The van der Waals surface area contributed by atoms with E-state index in [0.717, 1.165) is 6.07 Å². The number of thioether (sulfide) groups is 1. The largest absolute Gasteiger partial charge is 0.363 e. The molecule has 1 nitrogen and oxygen atoms in total. The summed E-state index contributed by atoms with van der Waals surface area (Å²) in [6, 6.07) is 3.66. The van der Waals surface area contributed by atoms with Crippen LogP contribution in [-0.2, 0) is 10.3 Å². The molecule has 1 aliphatic heterocycles. The van der Waals surface area contributed by atoms with Crippen molar-refractivity contribution in [1.29, 1.82) is 0 Å². The highest BCUT2D eigenvalue weighted by molar-refractivity contribution is 7.99. The second-order valence-electron chi connectivity index (χ2n) is 3.68. The van der Waals surface area contributed by atoms with E-state index in [4.69, 9.17) is 4.74 Å². The molecule has 1 fully saturated rings. The van der Waals surface area contributed by atoms with Crippen molar-refractivity contribution >= 4 is 11.8 Å². The summed E-state index contributed by atoms with van der Waals surface area (Å²) in [6.45, 7) is 2.50. The molecule has 0 unspecified atom stereocenters. The maximum Gasteiger partial charge on any atom is 0.132 e. The van der Waals surface area contributed by atoms with Gasteiger partial charge in [-0.2, -0.15) is 11.8 Å². The van der Waals surface area contributed by atoms with E-state index in [-0.39, 0.29) is 5.25 Å². The van der Waals surface area contributed by atoms with Gasteiger partial charge < -0.3 is 4.74 Å². The fourth-order valence-electron chi connectivity index (χ4n) is 1.71. The van der Waals surface area contributed by atoms with Crippen LogP contribution in [0.15, 0.2) is 18.2 Å². The van der Waals surface area contributed by atoms with E-state index in [2.05, 4.69) is 0 Å². The zero-order valence-corrected chi connectivity index (χ0v) is 9.41. The smallest absolute Gasteiger partial charge is 0.132 e. The van der Waals surface area contributed by atoms with Crippen LogP contribution in [0.2, 0.25) is 0 Å². The molecule has 82 valence electrons. The second kappa shape index (κ2) is 3.76. The molecule has 4 heteroatoms. The van der Waals surface area contributed by atoms with Crippen molar-refractivity contribution in [2.75, 3.05) is 12.9 Å². The molecular formula is C11H12F2OS. The van der Waals surface area contributed by atoms with Crippen LogP contribution in [0.4, 0.5) is 8.78 Å². The molecule has 1 aromatic carbocycles. The first-order chi connectivity index (χ1) is 7.10. The summed E-state index contributed by atoms with van der Waals surface area (Å²) >= 11 is 1.62. The van der Waals surface area contributed by atoms with E-state index in [1.165, 1.54) is 12.1 Å². The van der Waals surface area contributed by atoms with Crippen molar-refractivity contribution in [3.05, 3.63) is 35.4 Å². The fraction of sp³-hybridized carbons (Fsp3) is 0.455. The Labute approximate surface area is 91.8 Å². The normalized spacial score (nSPS) is 26.4. The molecule has 0 bridgehead atoms. The van der Waals surface area contributed by atoms with Crippen LogP contribution in [0, 0.1) is 11.6 Å². The molecule has 0 aliphatic carbocycles. The first kappa shape index (κ1) is 10.9. The third kappa shape index (κ3) is 1.76. The second-order valence-corrected chi connectivity index (χ2v) is 4.86. The minimum atomic E-state index is -0.552. The Hall–Kier alpha value is -0.610. The van der Waals surface area contributed by atoms with Gasteiger partial charge in [-0.25, -0.2) is 8.78 Å². The molecule has 2 atom stereocenters. The summed E-state index contributed by atoms with van der Waals surface area (Å²) < 4.78 is 31.7. The molecule has 1 saturated heterocycles. The molecule has 1 aliphatic rings. The lowest BCUT2D eigenvalue weighted by atomic mass is 9.96. The van der Waals surface area contributed by atoms with Gasteiger partial charge in [-0.3, -0.25) is 0 Å². The minimum absolute atomic E-state index is 0.164. The van der Waals surface area contributed by atoms with Gasteiger partial charge in [0.2, 0.25) is 0 Å². The average Bonchev–Trinajstić information content (AvgIpc) is 2.97. The number of epoxide rings is 1. The van der Waals surface area contributed by atoms with Crippen molar-refractivity contribution in [2.24, 2.45) is 0 Å². The number of rotatable bonds is 3. The Morgan fingerprint density at radius 2 is 2.13 bits per heavy atom. The molecule has 15 heavy (non-hydrogen) atoms. The highest BCUT2D eigenvalue weighted by Gasteiger charge is 2.52. The highest BCUT2D eigenvalue weighted by Crippen LogP contribution is 2.47. The van der Waals surface area contributed by atoms with Crippen LogP contribution in [0.25, 0.3) is 0 Å². The molecule has 0 radical (unpaired) electrons. The predicted octanol–water partition coefficient (Wildman–Crippen LogP) is 2.94. The van der Waals surface area contributed by atoms with Crippen LogP contribution in [-0.4, -0.2) is 18.1 Å². The number of hydrogen-bond acceptors (Lipinski definition) is 2. The topological polar surface area (TPSA) is 12.5 Å². The number of hydrogen-bond donors (Lipinski definition) is 0. The minimum Gasteiger partial charge on any atom is -0.363 e. The lowest BCUT2D eigenvalue weighted by Gasteiger charge is -2.19. The molecule has 0 spiro atoms. The van der Waals surface area contributed by atoms with Crippen LogP contribution in [0.3, 0.4) is 0 Å². The Bertz CT molecular complexity index is 377. The van der Waals surface area contributed by atoms with Crippen molar-refractivity contribution in [3.63, 3.8) is 0 Å². The predicted molar refractivity (Wildman–Crippen MR) is 57.0 cm³/mol. The quantitative estimate of drug-likeness (QED) is 0.740. The third-order valence-corrected chi connectivity index (χ3v) is 3.94. The van der Waals surface area contributed by atoms with E-state index in [1.54, 1.807) is 11.8 Å². The van der Waals surface area contributed by atoms with E-state index >= 15 is 0 Å². The summed E-state index contributed by atoms with van der Waals surface area (Å²) in [5, 5.41) is 0.164. The summed E-state index contributed by atoms with van der Waals surface area (Å²) in [4.78, 5) is 0. The van der Waals surface area contributed by atoms with Gasteiger partial charge in [-0.15, -0.1) is 0 Å². The van der Waals surface area contributed by atoms with Gasteiger partial charge in [0.15, 0.2) is 0 Å². The van der Waals surface area contributed by atoms with E-state index in [0.29, 0.717) is 12.2 Å². The lowest BCUT2D eigenvalue weighted by Crippen LogP contribution is -2.23. The van der Waals surface area contributed by atoms with Gasteiger partial charge in [0.25, 0.3) is 0 Å². The number of ether oxygens (including phenoxy) is 1. The van der Waals surface area contributed by atoms with Gasteiger partial charge in [0.05, 0.1) is 6.61 Å². The molecule has 2 rings (SSSR count). The Morgan fingerprint density at radius 3 is 2.60 bits per heavy atom. The summed E-state index contributed by atoms with van der Waals surface area (Å²) in [5.41, 5.74) is -0.0808. The standard InChI is InChI=1S/C11H12F2OS/c1-7(15-2)11(6-14-11)9-4-3-8(12)5-10(9)13/h3-5,7H,6H2,1-2H3/t7-,11-/m1/s1. The maximum absolute atomic E-state index is 13.6. The van der Waals surface area contributed by atoms with Crippen molar-refractivity contribution in [1.82, 2.24) is 0 Å². The number of halogens is 2. The summed E-state index contributed by atoms with van der Waals surface area (Å²) in [5.74, 6) is -1.07. The van der Waals surface area contributed by atoms with E-state index < -0.39 is 17.2 Å². The molecule has 0 saturated carbocycles. The summed E-state index contributed by atoms with van der Waals surface area (Å²) in [6.07, 6.45) is 1.95. The molecule has 1 aromatic rings. The first-order valence-electron chi connectivity index (χ1n) is 4.72. The molecule has 0 N–H and O–H groups in total. The molecule has 0 amide bonds. The van der Waals surface area contributed by atoms with Crippen molar-refractivity contribution in [2.45, 2.75) is 17.8 Å². The zero-order chi connectivity index (χ0) is 11.1. The van der Waals surface area contributed by atoms with Crippen molar-refractivity contribution in [3.8, 4) is 0 Å². The first-order valence-corrected chi connectivity index (χ1v) is 6.01. The Morgan fingerprint density at radius 1 is 1.47 bits per heavy atom. The molecule has 0 aromatic heterocycles. The Kier molecular flexibility index (Phi) is 2.73. The average molecular weight is 230 g/mol. The maximum atomic E-state index is 13.6. The van der Waals surface area contributed by atoms with Gasteiger partial charge in [0.1, 0.15) is 17.2 Å². The van der Waals surface area contributed by atoms with Gasteiger partial charge >= 0.3 is 0 Å². The Balaban J connectivity index is 2.37. The monoisotopic (exact) mass is 230 g/mol. The van der Waals surface area contributed by atoms with Crippen LogP contribution < -0.4 is 0 Å². The highest BCUT2D eigenvalue weighted by atomic mass is 32.2. The van der Waals surface area contributed by atoms with Gasteiger partial charge in [0, 0.05) is 16.9 Å². The fourth-order valence-corrected chi connectivity index (χ4v) is 2.35. The van der Waals surface area contributed by atoms with Crippen LogP contribution in [0.1, 0.15) is 12.5 Å². The zero-order valence-electron chi connectivity index (χ0n) is 8.59. The van der Waals surface area contributed by atoms with Crippen LogP contribution in [0.5, 0.6) is 0 Å². The van der Waals surface area contributed by atoms with E-state index in [9.17, 15) is 8.78 Å². The van der Waals surface area contributed by atoms with Gasteiger partial charge in [-0.05, 0) is 12.3 Å². The molecular weight excluding hydrogens is 218 g/mol. The molecule has 1 heterocycles. The third-order valence-electron chi connectivity index (χ3n) is 2.85.